The van der Waals surface area contributed by atoms with Gasteiger partial charge < -0.3 is 0 Å². The van der Waals surface area contributed by atoms with Crippen molar-refractivity contribution in [3.8, 4) is 0 Å². The molecule has 0 aliphatic heterocycles. The molecular weight excluding hydrogens is 186 g/mol. The van der Waals surface area contributed by atoms with E-state index >= 15 is 0 Å². The smallest absolute Gasteiger partial charge is 0.143 e. The number of nitrogens with zero attached hydrogens (tertiary/aromatic N) is 3. The Morgan fingerprint density at radius 2 is 1.80 bits per heavy atom. The van der Waals surface area contributed by atoms with Crippen molar-refractivity contribution in [1.29, 1.82) is 0 Å². The molecule has 0 aliphatic rings. The summed E-state index contributed by atoms with van der Waals surface area (Å²) in [5.41, 5.74) is 3.70. The lowest BCUT2D eigenvalue weighted by Crippen LogP contribution is -2.01. The number of hydrogen-bond donors (Lipinski definition) is 0. The summed E-state index contributed by atoms with van der Waals surface area (Å²) in [7, 11) is 0. The Bertz CT molecular complexity index is 509. The molecule has 80 valence electrons. The molecule has 0 aliphatic carbocycles. The first kappa shape index (κ1) is 10.1. The van der Waals surface area contributed by atoms with Crippen LogP contribution in [0.2, 0.25) is 0 Å². The van der Waals surface area contributed by atoms with Crippen molar-refractivity contribution in [3.63, 3.8) is 0 Å². The Hall–Kier alpha value is -1.38. The standard InChI is InChI=1S/C12H17N3/c1-7(2)11-8(3)6-15-10(5)13-9(4)14-12(11)15/h6-7H,1-5H3. The molecule has 0 fully saturated rings. The van der Waals surface area contributed by atoms with Crippen molar-refractivity contribution in [2.24, 2.45) is 0 Å². The normalized spacial score (nSPS) is 11.6. The number of fused-ring (bicyclic) bond motifs is 1. The highest BCUT2D eigenvalue weighted by Crippen LogP contribution is 2.25. The fraction of sp³-hybridized carbons (Fsp3) is 0.500. The maximum absolute atomic E-state index is 4.53. The van der Waals surface area contributed by atoms with Crippen LogP contribution in [-0.2, 0) is 0 Å². The second-order valence-corrected chi connectivity index (χ2v) is 4.39. The van der Waals surface area contributed by atoms with Gasteiger partial charge in [-0.05, 0) is 32.3 Å². The van der Waals surface area contributed by atoms with E-state index in [1.54, 1.807) is 0 Å². The molecule has 0 N–H and O–H groups in total. The van der Waals surface area contributed by atoms with E-state index in [0.29, 0.717) is 5.92 Å². The summed E-state index contributed by atoms with van der Waals surface area (Å²) in [6.07, 6.45) is 2.12. The van der Waals surface area contributed by atoms with Crippen molar-refractivity contribution in [3.05, 3.63) is 29.0 Å². The molecule has 0 saturated heterocycles. The van der Waals surface area contributed by atoms with Gasteiger partial charge in [-0.15, -0.1) is 0 Å². The van der Waals surface area contributed by atoms with Crippen LogP contribution in [0.1, 0.15) is 42.5 Å². The summed E-state index contributed by atoms with van der Waals surface area (Å²) >= 11 is 0. The molecule has 2 rings (SSSR count). The molecule has 0 spiro atoms. The average Bonchev–Trinajstić information content (AvgIpc) is 2.41. The zero-order valence-corrected chi connectivity index (χ0v) is 10.00. The van der Waals surface area contributed by atoms with Crippen molar-refractivity contribution >= 4 is 5.65 Å². The molecule has 0 amide bonds. The summed E-state index contributed by atoms with van der Waals surface area (Å²) in [4.78, 5) is 8.90. The van der Waals surface area contributed by atoms with Gasteiger partial charge in [0.25, 0.3) is 0 Å². The largest absolute Gasteiger partial charge is 0.289 e. The van der Waals surface area contributed by atoms with Crippen molar-refractivity contribution < 1.29 is 0 Å². The molecular formula is C12H17N3. The highest BCUT2D eigenvalue weighted by molar-refractivity contribution is 5.55. The fourth-order valence-electron chi connectivity index (χ4n) is 2.17. The molecule has 15 heavy (non-hydrogen) atoms. The zero-order valence-electron chi connectivity index (χ0n) is 10.00. The van der Waals surface area contributed by atoms with E-state index in [1.165, 1.54) is 11.1 Å². The van der Waals surface area contributed by atoms with Crippen molar-refractivity contribution in [2.45, 2.75) is 40.5 Å². The minimum Gasteiger partial charge on any atom is -0.289 e. The van der Waals surface area contributed by atoms with E-state index < -0.39 is 0 Å². The number of aromatic nitrogens is 3. The lowest BCUT2D eigenvalue weighted by atomic mass is 10.0. The van der Waals surface area contributed by atoms with Gasteiger partial charge in [0, 0.05) is 11.8 Å². The highest BCUT2D eigenvalue weighted by atomic mass is 15.1. The van der Waals surface area contributed by atoms with Crippen LogP contribution in [0.15, 0.2) is 6.20 Å². The minimum atomic E-state index is 0.503. The first-order valence-electron chi connectivity index (χ1n) is 5.33. The third-order valence-electron chi connectivity index (χ3n) is 2.73. The Morgan fingerprint density at radius 1 is 1.13 bits per heavy atom. The lowest BCUT2D eigenvalue weighted by Gasteiger charge is -2.06. The van der Waals surface area contributed by atoms with E-state index in [4.69, 9.17) is 0 Å². The summed E-state index contributed by atoms with van der Waals surface area (Å²) in [5, 5.41) is 0. The van der Waals surface area contributed by atoms with E-state index in [9.17, 15) is 0 Å². The third-order valence-corrected chi connectivity index (χ3v) is 2.73. The Morgan fingerprint density at radius 3 is 2.40 bits per heavy atom. The van der Waals surface area contributed by atoms with Crippen LogP contribution in [0.4, 0.5) is 0 Å². The monoisotopic (exact) mass is 203 g/mol. The first-order chi connectivity index (χ1) is 7.00. The van der Waals surface area contributed by atoms with Crippen LogP contribution in [0.3, 0.4) is 0 Å². The lowest BCUT2D eigenvalue weighted by molar-refractivity contribution is 0.850. The second kappa shape index (κ2) is 3.33. The van der Waals surface area contributed by atoms with E-state index in [-0.39, 0.29) is 0 Å². The molecule has 0 aromatic carbocycles. The van der Waals surface area contributed by atoms with Gasteiger partial charge in [-0.1, -0.05) is 13.8 Å². The Kier molecular flexibility index (Phi) is 2.25. The van der Waals surface area contributed by atoms with Crippen LogP contribution in [0, 0.1) is 20.8 Å². The van der Waals surface area contributed by atoms with Gasteiger partial charge in [-0.3, -0.25) is 4.40 Å². The highest BCUT2D eigenvalue weighted by Gasteiger charge is 2.13. The van der Waals surface area contributed by atoms with Crippen LogP contribution in [0.25, 0.3) is 5.65 Å². The molecule has 3 heteroatoms. The maximum atomic E-state index is 4.53. The summed E-state index contributed by atoms with van der Waals surface area (Å²) in [5.74, 6) is 2.36. The minimum absolute atomic E-state index is 0.503. The van der Waals surface area contributed by atoms with Gasteiger partial charge in [-0.25, -0.2) is 9.97 Å². The quantitative estimate of drug-likeness (QED) is 0.713. The SMILES string of the molecule is Cc1nc(C)n2cc(C)c(C(C)C)c2n1. The molecule has 0 atom stereocenters. The molecule has 2 aromatic heterocycles. The summed E-state index contributed by atoms with van der Waals surface area (Å²) in [6.45, 7) is 10.5. The number of hydrogen-bond acceptors (Lipinski definition) is 2. The van der Waals surface area contributed by atoms with Gasteiger partial charge >= 0.3 is 0 Å². The Balaban J connectivity index is 2.86. The fourth-order valence-corrected chi connectivity index (χ4v) is 2.17. The van der Waals surface area contributed by atoms with E-state index in [1.807, 2.05) is 13.8 Å². The zero-order chi connectivity index (χ0) is 11.2. The summed E-state index contributed by atoms with van der Waals surface area (Å²) < 4.78 is 2.08. The van der Waals surface area contributed by atoms with Crippen LogP contribution < -0.4 is 0 Å². The molecule has 0 unspecified atom stereocenters. The predicted octanol–water partition coefficient (Wildman–Crippen LogP) is 2.78. The van der Waals surface area contributed by atoms with Gasteiger partial charge in [0.15, 0.2) is 0 Å². The molecule has 3 nitrogen and oxygen atoms in total. The topological polar surface area (TPSA) is 30.2 Å². The van der Waals surface area contributed by atoms with E-state index in [0.717, 1.165) is 17.3 Å². The maximum Gasteiger partial charge on any atom is 0.143 e. The average molecular weight is 203 g/mol. The second-order valence-electron chi connectivity index (χ2n) is 4.39. The van der Waals surface area contributed by atoms with Crippen LogP contribution in [0.5, 0.6) is 0 Å². The van der Waals surface area contributed by atoms with Crippen LogP contribution >= 0.6 is 0 Å². The molecule has 0 saturated carbocycles. The summed E-state index contributed by atoms with van der Waals surface area (Å²) in [6, 6.07) is 0. The van der Waals surface area contributed by atoms with Gasteiger partial charge in [0.05, 0.1) is 0 Å². The number of rotatable bonds is 1. The molecule has 2 heterocycles. The molecule has 0 bridgehead atoms. The van der Waals surface area contributed by atoms with Gasteiger partial charge in [0.1, 0.15) is 17.3 Å². The Labute approximate surface area is 90.2 Å². The van der Waals surface area contributed by atoms with Crippen LogP contribution in [-0.4, -0.2) is 14.4 Å². The number of aryl methyl sites for hydroxylation is 3. The molecule has 0 radical (unpaired) electrons. The predicted molar refractivity (Wildman–Crippen MR) is 61.3 cm³/mol. The first-order valence-corrected chi connectivity index (χ1v) is 5.33. The van der Waals surface area contributed by atoms with Gasteiger partial charge in [0.2, 0.25) is 0 Å². The van der Waals surface area contributed by atoms with Crippen molar-refractivity contribution in [2.75, 3.05) is 0 Å². The van der Waals surface area contributed by atoms with Gasteiger partial charge in [-0.2, -0.15) is 0 Å². The molecule has 2 aromatic rings. The van der Waals surface area contributed by atoms with E-state index in [2.05, 4.69) is 41.3 Å². The third kappa shape index (κ3) is 1.52. The van der Waals surface area contributed by atoms with Crippen molar-refractivity contribution in [1.82, 2.24) is 14.4 Å².